The summed E-state index contributed by atoms with van der Waals surface area (Å²) in [6, 6.07) is 14.7. The number of piperidine rings is 1. The highest BCUT2D eigenvalue weighted by Gasteiger charge is 2.31. The Morgan fingerprint density at radius 1 is 1.02 bits per heavy atom. The number of ether oxygens (including phenoxy) is 4. The van der Waals surface area contributed by atoms with Gasteiger partial charge in [-0.15, -0.1) is 0 Å². The predicted molar refractivity (Wildman–Crippen MR) is 163 cm³/mol. The van der Waals surface area contributed by atoms with Crippen molar-refractivity contribution in [2.75, 3.05) is 46.5 Å². The Kier molecular flexibility index (Phi) is 13.2. The number of amides is 4. The summed E-state index contributed by atoms with van der Waals surface area (Å²) in [6.07, 6.45) is 0.870. The Labute approximate surface area is 258 Å². The van der Waals surface area contributed by atoms with E-state index in [1.165, 1.54) is 12.1 Å². The molecule has 0 spiro atoms. The van der Waals surface area contributed by atoms with Gasteiger partial charge in [0.25, 0.3) is 0 Å². The van der Waals surface area contributed by atoms with E-state index in [4.69, 9.17) is 30.5 Å². The Morgan fingerprint density at radius 2 is 1.79 bits per heavy atom. The number of hydrazine groups is 1. The second-order valence-electron chi connectivity index (χ2n) is 11.1. The molecular formula is C31H43ClN4O7. The van der Waals surface area contributed by atoms with Crippen LogP contribution >= 0.6 is 11.6 Å². The number of hydrogen-bond acceptors (Lipinski definition) is 7. The molecule has 2 N–H and O–H groups in total. The van der Waals surface area contributed by atoms with Gasteiger partial charge in [0.15, 0.2) is 0 Å². The van der Waals surface area contributed by atoms with Crippen LogP contribution in [0.4, 0.5) is 14.4 Å². The van der Waals surface area contributed by atoms with Crippen LogP contribution in [0, 0.1) is 0 Å². The number of likely N-dealkylation sites (tertiary alicyclic amines) is 1. The van der Waals surface area contributed by atoms with Gasteiger partial charge in [-0.05, 0) is 62.9 Å². The molecule has 1 aliphatic heterocycles. The van der Waals surface area contributed by atoms with Crippen molar-refractivity contribution in [2.24, 2.45) is 0 Å². The smallest absolute Gasteiger partial charge is 0.426 e. The summed E-state index contributed by atoms with van der Waals surface area (Å²) in [4.78, 5) is 39.4. The molecule has 11 nitrogen and oxygen atoms in total. The van der Waals surface area contributed by atoms with Gasteiger partial charge in [-0.3, -0.25) is 0 Å². The van der Waals surface area contributed by atoms with Gasteiger partial charge in [-0.2, -0.15) is 0 Å². The van der Waals surface area contributed by atoms with Crippen LogP contribution < -0.4 is 15.5 Å². The predicted octanol–water partition coefficient (Wildman–Crippen LogP) is 5.72. The SMILES string of the molecule is CNC(=O)OCCOCc1cccc(Cl)c1[C@H]1CCCN(C(=O)N(CCCOc2ccccc2)NC(=O)OC(C)(C)C)C1. The minimum atomic E-state index is -0.720. The molecule has 0 unspecified atom stereocenters. The zero-order valence-electron chi connectivity index (χ0n) is 25.4. The number of carbonyl (C=O) groups is 3. The average Bonchev–Trinajstić information content (AvgIpc) is 2.97. The maximum Gasteiger partial charge on any atom is 0.426 e. The van der Waals surface area contributed by atoms with Crippen molar-refractivity contribution in [1.29, 1.82) is 0 Å². The van der Waals surface area contributed by atoms with E-state index in [-0.39, 0.29) is 38.3 Å². The van der Waals surface area contributed by atoms with E-state index < -0.39 is 17.8 Å². The molecule has 2 aromatic rings. The van der Waals surface area contributed by atoms with Crippen LogP contribution in [-0.2, 0) is 20.8 Å². The van der Waals surface area contributed by atoms with Crippen molar-refractivity contribution in [1.82, 2.24) is 20.7 Å². The molecule has 4 amide bonds. The monoisotopic (exact) mass is 618 g/mol. The lowest BCUT2D eigenvalue weighted by molar-refractivity contribution is 0.0332. The normalized spacial score (nSPS) is 14.9. The van der Waals surface area contributed by atoms with Crippen molar-refractivity contribution < 1.29 is 33.3 Å². The molecule has 1 atom stereocenters. The second kappa shape index (κ2) is 16.8. The van der Waals surface area contributed by atoms with Crippen LogP contribution in [0.15, 0.2) is 48.5 Å². The third-order valence-electron chi connectivity index (χ3n) is 6.56. The summed E-state index contributed by atoms with van der Waals surface area (Å²) in [7, 11) is 1.49. The van der Waals surface area contributed by atoms with E-state index in [9.17, 15) is 14.4 Å². The van der Waals surface area contributed by atoms with Crippen LogP contribution in [0.3, 0.4) is 0 Å². The Hall–Kier alpha value is -3.70. The molecule has 0 aromatic heterocycles. The highest BCUT2D eigenvalue weighted by molar-refractivity contribution is 6.31. The molecule has 0 bridgehead atoms. The number of hydrogen-bond donors (Lipinski definition) is 2. The van der Waals surface area contributed by atoms with Gasteiger partial charge in [0.05, 0.1) is 19.8 Å². The molecule has 0 radical (unpaired) electrons. The van der Waals surface area contributed by atoms with Crippen molar-refractivity contribution in [3.8, 4) is 5.75 Å². The molecule has 0 saturated carbocycles. The average molecular weight is 619 g/mol. The first kappa shape index (κ1) is 33.8. The van der Waals surface area contributed by atoms with E-state index in [1.54, 1.807) is 25.7 Å². The fraction of sp³-hybridized carbons (Fsp3) is 0.516. The maximum absolute atomic E-state index is 13.8. The van der Waals surface area contributed by atoms with E-state index in [0.717, 1.165) is 29.7 Å². The highest BCUT2D eigenvalue weighted by atomic mass is 35.5. The topological polar surface area (TPSA) is 119 Å². The third kappa shape index (κ3) is 11.5. The second-order valence-corrected chi connectivity index (χ2v) is 11.5. The van der Waals surface area contributed by atoms with Crippen LogP contribution in [0.2, 0.25) is 5.02 Å². The van der Waals surface area contributed by atoms with Crippen molar-refractivity contribution in [3.63, 3.8) is 0 Å². The zero-order valence-corrected chi connectivity index (χ0v) is 26.2. The minimum Gasteiger partial charge on any atom is -0.494 e. The summed E-state index contributed by atoms with van der Waals surface area (Å²) in [6.45, 7) is 7.48. The van der Waals surface area contributed by atoms with Gasteiger partial charge in [-0.1, -0.05) is 41.9 Å². The van der Waals surface area contributed by atoms with Gasteiger partial charge < -0.3 is 29.2 Å². The molecule has 0 aliphatic carbocycles. The number of benzene rings is 2. The Balaban J connectivity index is 1.66. The molecule has 1 saturated heterocycles. The van der Waals surface area contributed by atoms with Gasteiger partial charge in [0.1, 0.15) is 18.0 Å². The van der Waals surface area contributed by atoms with E-state index in [1.807, 2.05) is 48.5 Å². The number of para-hydroxylation sites is 1. The fourth-order valence-corrected chi connectivity index (χ4v) is 5.06. The first-order chi connectivity index (χ1) is 20.6. The number of nitrogens with one attached hydrogen (secondary N) is 2. The number of urea groups is 1. The summed E-state index contributed by atoms with van der Waals surface area (Å²) in [5, 5.41) is 4.29. The lowest BCUT2D eigenvalue weighted by Gasteiger charge is -2.37. The Bertz CT molecular complexity index is 1190. The van der Waals surface area contributed by atoms with Crippen LogP contribution in [-0.4, -0.2) is 80.2 Å². The van der Waals surface area contributed by atoms with Crippen molar-refractivity contribution in [3.05, 3.63) is 64.7 Å². The molecule has 236 valence electrons. The van der Waals surface area contributed by atoms with Crippen LogP contribution in [0.1, 0.15) is 57.1 Å². The van der Waals surface area contributed by atoms with Gasteiger partial charge in [-0.25, -0.2) is 24.8 Å². The van der Waals surface area contributed by atoms with Crippen molar-refractivity contribution in [2.45, 2.75) is 58.2 Å². The fourth-order valence-electron chi connectivity index (χ4n) is 4.71. The summed E-state index contributed by atoms with van der Waals surface area (Å²) >= 11 is 6.68. The van der Waals surface area contributed by atoms with Crippen molar-refractivity contribution >= 4 is 29.8 Å². The van der Waals surface area contributed by atoms with E-state index in [2.05, 4.69) is 10.7 Å². The molecular weight excluding hydrogens is 576 g/mol. The highest BCUT2D eigenvalue weighted by Crippen LogP contribution is 2.35. The van der Waals surface area contributed by atoms with Gasteiger partial charge in [0.2, 0.25) is 0 Å². The summed E-state index contributed by atoms with van der Waals surface area (Å²) < 4.78 is 21.9. The molecule has 12 heteroatoms. The molecule has 2 aromatic carbocycles. The maximum atomic E-state index is 13.8. The quantitative estimate of drug-likeness (QED) is 0.244. The summed E-state index contributed by atoms with van der Waals surface area (Å²) in [5.74, 6) is 0.703. The number of carbonyl (C=O) groups excluding carboxylic acids is 3. The molecule has 43 heavy (non-hydrogen) atoms. The number of halogens is 1. The lowest BCUT2D eigenvalue weighted by atomic mass is 9.87. The van der Waals surface area contributed by atoms with Gasteiger partial charge in [0, 0.05) is 44.0 Å². The lowest BCUT2D eigenvalue weighted by Crippen LogP contribution is -2.55. The number of alkyl carbamates (subject to hydrolysis) is 1. The first-order valence-corrected chi connectivity index (χ1v) is 14.9. The summed E-state index contributed by atoms with van der Waals surface area (Å²) in [5.41, 5.74) is 3.76. The molecule has 1 aliphatic rings. The largest absolute Gasteiger partial charge is 0.494 e. The van der Waals surface area contributed by atoms with E-state index >= 15 is 0 Å². The zero-order chi connectivity index (χ0) is 31.2. The van der Waals surface area contributed by atoms with Gasteiger partial charge >= 0.3 is 18.2 Å². The van der Waals surface area contributed by atoms with Crippen LogP contribution in [0.5, 0.6) is 5.75 Å². The van der Waals surface area contributed by atoms with Crippen LogP contribution in [0.25, 0.3) is 0 Å². The first-order valence-electron chi connectivity index (χ1n) is 14.5. The molecule has 1 heterocycles. The van der Waals surface area contributed by atoms with E-state index in [0.29, 0.717) is 31.1 Å². The third-order valence-corrected chi connectivity index (χ3v) is 6.89. The molecule has 3 rings (SSSR count). The number of nitrogens with zero attached hydrogens (tertiary/aromatic N) is 2. The Morgan fingerprint density at radius 3 is 2.51 bits per heavy atom. The standard InChI is InChI=1S/C31H43ClN4O7/c1-31(2,3)43-29(38)34-36(17-10-18-41-25-13-6-5-7-14-25)30(39)35-16-9-12-23(21-35)27-24(11-8-15-26(27)32)22-40-19-20-42-28(37)33-4/h5-8,11,13-15,23H,9-10,12,16-22H2,1-4H3,(H,33,37)(H,34,38)/t23-/m0/s1. The molecule has 1 fully saturated rings. The minimum absolute atomic E-state index is 0.0306. The number of rotatable bonds is 11.